The zero-order chi connectivity index (χ0) is 14.1. The van der Waals surface area contributed by atoms with Crippen LogP contribution in [0.3, 0.4) is 0 Å². The van der Waals surface area contributed by atoms with E-state index in [-0.39, 0.29) is 0 Å². The van der Waals surface area contributed by atoms with Gasteiger partial charge in [0.2, 0.25) is 0 Å². The molecule has 3 rings (SSSR count). The number of fused-ring (bicyclic) bond motifs is 1. The van der Waals surface area contributed by atoms with Crippen molar-refractivity contribution in [3.8, 4) is 5.75 Å². The van der Waals surface area contributed by atoms with Gasteiger partial charge in [0, 0.05) is 6.54 Å². The van der Waals surface area contributed by atoms with E-state index in [0.717, 1.165) is 35.8 Å². The maximum Gasteiger partial charge on any atom is 0.172 e. The largest absolute Gasteiger partial charge is 0.491 e. The molecule has 0 spiro atoms. The predicted octanol–water partition coefficient (Wildman–Crippen LogP) is 3.67. The van der Waals surface area contributed by atoms with Gasteiger partial charge in [0.05, 0.1) is 23.7 Å². The number of halogens is 1. The molecule has 0 amide bonds. The van der Waals surface area contributed by atoms with E-state index < -0.39 is 0 Å². The molecule has 4 nitrogen and oxygen atoms in total. The summed E-state index contributed by atoms with van der Waals surface area (Å²) in [4.78, 5) is 11.1. The zero-order valence-corrected chi connectivity index (χ0v) is 12.3. The summed E-state index contributed by atoms with van der Waals surface area (Å²) in [5.74, 6) is 1.56. The Labute approximate surface area is 123 Å². The number of para-hydroxylation sites is 2. The number of ether oxygens (including phenoxy) is 1. The lowest BCUT2D eigenvalue weighted by atomic mass is 10.2. The third kappa shape index (κ3) is 2.31. The molecule has 0 atom stereocenters. The van der Waals surface area contributed by atoms with Crippen LogP contribution < -0.4 is 9.64 Å². The van der Waals surface area contributed by atoms with Crippen molar-refractivity contribution in [1.82, 2.24) is 9.97 Å². The fourth-order valence-electron chi connectivity index (χ4n) is 2.28. The average molecular weight is 290 g/mol. The highest BCUT2D eigenvalue weighted by molar-refractivity contribution is 6.31. The van der Waals surface area contributed by atoms with Gasteiger partial charge in [-0.2, -0.15) is 0 Å². The molecule has 104 valence electrons. The third-order valence-corrected chi connectivity index (χ3v) is 3.70. The average Bonchev–Trinajstić information content (AvgIpc) is 2.65. The van der Waals surface area contributed by atoms with Gasteiger partial charge in [-0.1, -0.05) is 23.7 Å². The molecule has 0 saturated heterocycles. The normalized spacial score (nSPS) is 14.4. The highest BCUT2D eigenvalue weighted by Gasteiger charge is 2.21. The summed E-state index contributed by atoms with van der Waals surface area (Å²) in [6.45, 7) is 5.37. The number of hydrogen-bond acceptors (Lipinski definition) is 4. The first-order valence-corrected chi connectivity index (χ1v) is 7.04. The van der Waals surface area contributed by atoms with Crippen LogP contribution >= 0.6 is 11.6 Å². The second-order valence-electron chi connectivity index (χ2n) is 4.83. The molecule has 0 aliphatic carbocycles. The maximum absolute atomic E-state index is 6.30. The molecule has 1 aromatic heterocycles. The molecule has 0 radical (unpaired) electrons. The van der Waals surface area contributed by atoms with E-state index in [1.54, 1.807) is 0 Å². The van der Waals surface area contributed by atoms with Crippen LogP contribution in [0.15, 0.2) is 24.3 Å². The highest BCUT2D eigenvalue weighted by atomic mass is 35.5. The van der Waals surface area contributed by atoms with Crippen LogP contribution in [0.5, 0.6) is 5.75 Å². The van der Waals surface area contributed by atoms with Crippen LogP contribution in [0.1, 0.15) is 17.8 Å². The SMILES string of the molecule is Cc1nc(Cl)c(N2CCCOc3ccccc32)nc1C. The zero-order valence-electron chi connectivity index (χ0n) is 11.6. The molecule has 0 N–H and O–H groups in total. The topological polar surface area (TPSA) is 38.2 Å². The molecule has 0 saturated carbocycles. The number of aryl methyl sites for hydroxylation is 2. The Morgan fingerprint density at radius 1 is 1.15 bits per heavy atom. The standard InChI is InChI=1S/C15H16ClN3O/c1-10-11(2)18-15(14(16)17-10)19-8-5-9-20-13-7-4-3-6-12(13)19/h3-4,6-7H,5,8-9H2,1-2H3. The number of nitrogens with zero attached hydrogens (tertiary/aromatic N) is 3. The maximum atomic E-state index is 6.30. The lowest BCUT2D eigenvalue weighted by Gasteiger charge is -2.23. The second kappa shape index (κ2) is 5.29. The van der Waals surface area contributed by atoms with Crippen LogP contribution in [0.4, 0.5) is 11.5 Å². The smallest absolute Gasteiger partial charge is 0.172 e. The van der Waals surface area contributed by atoms with Crippen LogP contribution in [-0.2, 0) is 0 Å². The molecule has 1 aliphatic rings. The number of rotatable bonds is 1. The van der Waals surface area contributed by atoms with Gasteiger partial charge < -0.3 is 9.64 Å². The molecule has 2 aromatic rings. The van der Waals surface area contributed by atoms with Gasteiger partial charge in [0.1, 0.15) is 5.75 Å². The Morgan fingerprint density at radius 2 is 1.90 bits per heavy atom. The fourth-order valence-corrected chi connectivity index (χ4v) is 2.55. The fraction of sp³-hybridized carbons (Fsp3) is 0.333. The van der Waals surface area contributed by atoms with Crippen molar-refractivity contribution in [2.45, 2.75) is 20.3 Å². The van der Waals surface area contributed by atoms with E-state index in [1.807, 2.05) is 38.1 Å². The van der Waals surface area contributed by atoms with Crippen molar-refractivity contribution in [3.63, 3.8) is 0 Å². The lowest BCUT2D eigenvalue weighted by molar-refractivity contribution is 0.322. The number of aromatic nitrogens is 2. The predicted molar refractivity (Wildman–Crippen MR) is 80.1 cm³/mol. The molecular formula is C15H16ClN3O. The molecule has 2 heterocycles. The van der Waals surface area contributed by atoms with Crippen molar-refractivity contribution < 1.29 is 4.74 Å². The molecule has 0 bridgehead atoms. The minimum Gasteiger partial charge on any atom is -0.491 e. The van der Waals surface area contributed by atoms with Crippen molar-refractivity contribution in [1.29, 1.82) is 0 Å². The summed E-state index contributed by atoms with van der Waals surface area (Å²) in [6.07, 6.45) is 0.916. The molecule has 1 aromatic carbocycles. The summed E-state index contributed by atoms with van der Waals surface area (Å²) in [6, 6.07) is 7.95. The first-order chi connectivity index (χ1) is 9.66. The third-order valence-electron chi connectivity index (χ3n) is 3.44. The molecule has 1 aliphatic heterocycles. The number of benzene rings is 1. The van der Waals surface area contributed by atoms with E-state index in [1.165, 1.54) is 0 Å². The number of anilines is 2. The van der Waals surface area contributed by atoms with Crippen molar-refractivity contribution in [2.75, 3.05) is 18.1 Å². The molecule has 5 heteroatoms. The van der Waals surface area contributed by atoms with E-state index in [2.05, 4.69) is 14.9 Å². The van der Waals surface area contributed by atoms with Crippen molar-refractivity contribution in [3.05, 3.63) is 40.8 Å². The molecule has 0 fully saturated rings. The van der Waals surface area contributed by atoms with Gasteiger partial charge in [-0.3, -0.25) is 0 Å². The molecule has 0 unspecified atom stereocenters. The Bertz CT molecular complexity index is 645. The summed E-state index contributed by atoms with van der Waals surface area (Å²) in [5.41, 5.74) is 2.75. The highest BCUT2D eigenvalue weighted by Crippen LogP contribution is 2.37. The van der Waals surface area contributed by atoms with E-state index in [0.29, 0.717) is 17.6 Å². The van der Waals surface area contributed by atoms with E-state index in [9.17, 15) is 0 Å². The Morgan fingerprint density at radius 3 is 2.75 bits per heavy atom. The van der Waals surface area contributed by atoms with Gasteiger partial charge in [0.25, 0.3) is 0 Å². The minimum atomic E-state index is 0.435. The summed E-state index contributed by atoms with van der Waals surface area (Å²) in [7, 11) is 0. The quantitative estimate of drug-likeness (QED) is 0.803. The van der Waals surface area contributed by atoms with Gasteiger partial charge in [-0.05, 0) is 32.4 Å². The Hall–Kier alpha value is -1.81. The van der Waals surface area contributed by atoms with Crippen molar-refractivity contribution in [2.24, 2.45) is 0 Å². The summed E-state index contributed by atoms with van der Waals surface area (Å²) >= 11 is 6.30. The minimum absolute atomic E-state index is 0.435. The van der Waals surface area contributed by atoms with E-state index >= 15 is 0 Å². The van der Waals surface area contributed by atoms with E-state index in [4.69, 9.17) is 16.3 Å². The Balaban J connectivity index is 2.12. The van der Waals surface area contributed by atoms with Crippen LogP contribution in [0.25, 0.3) is 0 Å². The van der Waals surface area contributed by atoms with Gasteiger partial charge in [0.15, 0.2) is 11.0 Å². The molecular weight excluding hydrogens is 274 g/mol. The van der Waals surface area contributed by atoms with Gasteiger partial charge in [-0.25, -0.2) is 9.97 Å². The van der Waals surface area contributed by atoms with Crippen LogP contribution in [-0.4, -0.2) is 23.1 Å². The number of hydrogen-bond donors (Lipinski definition) is 0. The first-order valence-electron chi connectivity index (χ1n) is 6.67. The second-order valence-corrected chi connectivity index (χ2v) is 5.19. The first kappa shape index (κ1) is 13.2. The molecule has 20 heavy (non-hydrogen) atoms. The van der Waals surface area contributed by atoms with Crippen LogP contribution in [0.2, 0.25) is 5.15 Å². The summed E-state index contributed by atoms with van der Waals surface area (Å²) < 4.78 is 5.76. The monoisotopic (exact) mass is 289 g/mol. The summed E-state index contributed by atoms with van der Waals surface area (Å²) in [5, 5.41) is 0.435. The van der Waals surface area contributed by atoms with Gasteiger partial charge in [-0.15, -0.1) is 0 Å². The van der Waals surface area contributed by atoms with Crippen LogP contribution in [0, 0.1) is 13.8 Å². The Kier molecular flexibility index (Phi) is 3.49. The van der Waals surface area contributed by atoms with Crippen molar-refractivity contribution >= 4 is 23.1 Å². The lowest BCUT2D eigenvalue weighted by Crippen LogP contribution is -2.20. The van der Waals surface area contributed by atoms with Gasteiger partial charge >= 0.3 is 0 Å².